The number of nitrogens with two attached hydrogens (primary N) is 7. The average molecular weight is 1490 g/mol. The van der Waals surface area contributed by atoms with Gasteiger partial charge in [-0.1, -0.05) is 79.2 Å². The number of aromatic nitrogens is 4. The van der Waals surface area contributed by atoms with Gasteiger partial charge in [-0.15, -0.1) is 0 Å². The molecule has 4 aromatic carbocycles. The Morgan fingerprint density at radius 1 is 0.315 bits per heavy atom. The molecule has 4 heterocycles. The second-order valence-electron chi connectivity index (χ2n) is 26.8. The molecule has 4 aromatic heterocycles. The molecule has 0 aliphatic carbocycles. The van der Waals surface area contributed by atoms with Crippen molar-refractivity contribution in [2.45, 2.75) is 157 Å². The maximum atomic E-state index is 15.6. The van der Waals surface area contributed by atoms with E-state index in [4.69, 9.17) is 56.4 Å². The second kappa shape index (κ2) is 41.0. The summed E-state index contributed by atoms with van der Waals surface area (Å²) in [5, 5.41) is 56.5. The van der Waals surface area contributed by atoms with Gasteiger partial charge >= 0.3 is 0 Å². The summed E-state index contributed by atoms with van der Waals surface area (Å²) in [6.45, 7) is 1.06. The average Bonchev–Trinajstić information content (AvgIpc) is 1.67. The van der Waals surface area contributed by atoms with Crippen LogP contribution in [0, 0.1) is 16.2 Å². The van der Waals surface area contributed by atoms with Crippen molar-refractivity contribution in [3.63, 3.8) is 0 Å². The number of hydrogen-bond acceptors (Lipinski definition) is 15. The number of rotatable bonds is 45. The van der Waals surface area contributed by atoms with Crippen molar-refractivity contribution in [3.05, 3.63) is 144 Å². The van der Waals surface area contributed by atoms with Crippen LogP contribution < -0.4 is 98.6 Å². The van der Waals surface area contributed by atoms with Crippen LogP contribution in [0.3, 0.4) is 0 Å². The Hall–Kier alpha value is -12.0. The molecule has 32 N–H and O–H groups in total. The Morgan fingerprint density at radius 3 is 0.843 bits per heavy atom. The van der Waals surface area contributed by atoms with E-state index in [0.717, 1.165) is 21.8 Å². The van der Waals surface area contributed by atoms with Crippen LogP contribution in [0.5, 0.6) is 0 Å². The number of carbonyl (C=O) groups excluding carboxylic acids is 9. The first-order chi connectivity index (χ1) is 52.0. The van der Waals surface area contributed by atoms with E-state index in [1.54, 1.807) is 36.9 Å². The van der Waals surface area contributed by atoms with Gasteiger partial charge in [0.2, 0.25) is 53.2 Å². The predicted octanol–water partition coefficient (Wildman–Crippen LogP) is -0.379. The van der Waals surface area contributed by atoms with Gasteiger partial charge in [-0.25, -0.2) is 0 Å². The first-order valence-electron chi connectivity index (χ1n) is 36.3. The van der Waals surface area contributed by atoms with Gasteiger partial charge in [-0.2, -0.15) is 0 Å². The van der Waals surface area contributed by atoms with Crippen molar-refractivity contribution in [1.82, 2.24) is 78.4 Å². The van der Waals surface area contributed by atoms with Gasteiger partial charge in [0.15, 0.2) is 17.9 Å². The molecule has 0 spiro atoms. The van der Waals surface area contributed by atoms with Crippen LogP contribution in [0.15, 0.2) is 122 Å². The number of hydrogen-bond donors (Lipinski definition) is 25. The van der Waals surface area contributed by atoms with Crippen molar-refractivity contribution < 1.29 is 43.2 Å². The highest BCUT2D eigenvalue weighted by atomic mass is 16.2. The van der Waals surface area contributed by atoms with Crippen LogP contribution in [-0.2, 0) is 68.8 Å². The Labute approximate surface area is 623 Å². The molecule has 108 heavy (non-hydrogen) atoms. The van der Waals surface area contributed by atoms with Gasteiger partial charge in [0.05, 0.1) is 6.04 Å². The molecule has 0 saturated carbocycles. The third kappa shape index (κ3) is 24.3. The van der Waals surface area contributed by atoms with E-state index in [2.05, 4.69) is 78.4 Å². The molecule has 9 amide bonds. The van der Waals surface area contributed by atoms with Crippen molar-refractivity contribution >= 4 is 115 Å². The maximum absolute atomic E-state index is 15.6. The van der Waals surface area contributed by atoms with Crippen molar-refractivity contribution in [3.8, 4) is 0 Å². The highest BCUT2D eigenvalue weighted by molar-refractivity contribution is 6.00. The van der Waals surface area contributed by atoms with Crippen molar-refractivity contribution in [2.24, 2.45) is 40.1 Å². The summed E-state index contributed by atoms with van der Waals surface area (Å²) in [4.78, 5) is 146. The number of primary amides is 1. The highest BCUT2D eigenvalue weighted by Crippen LogP contribution is 2.25. The zero-order valence-electron chi connectivity index (χ0n) is 60.3. The fraction of sp³-hybridized carbons (Fsp3) is 0.405. The van der Waals surface area contributed by atoms with Gasteiger partial charge < -0.3 is 119 Å². The number of para-hydroxylation sites is 4. The molecule has 578 valence electrons. The molecule has 0 fully saturated rings. The van der Waals surface area contributed by atoms with Crippen LogP contribution in [0.2, 0.25) is 0 Å². The van der Waals surface area contributed by atoms with Crippen molar-refractivity contribution in [2.75, 3.05) is 32.7 Å². The lowest BCUT2D eigenvalue weighted by Gasteiger charge is -2.28. The summed E-state index contributed by atoms with van der Waals surface area (Å²) < 4.78 is 0. The van der Waals surface area contributed by atoms with E-state index in [0.29, 0.717) is 69.9 Å². The van der Waals surface area contributed by atoms with E-state index in [1.165, 1.54) is 0 Å². The Bertz CT molecular complexity index is 4410. The molecule has 0 bridgehead atoms. The van der Waals surface area contributed by atoms with Gasteiger partial charge in [0.1, 0.15) is 48.3 Å². The molecular formula is C74H103N25O9. The minimum absolute atomic E-state index is 0.0229. The molecule has 8 aromatic rings. The van der Waals surface area contributed by atoms with E-state index in [-0.39, 0.29) is 128 Å². The minimum Gasteiger partial charge on any atom is -0.370 e. The van der Waals surface area contributed by atoms with Crippen LogP contribution in [-0.4, -0.2) is 178 Å². The van der Waals surface area contributed by atoms with Gasteiger partial charge in [-0.05, 0) is 130 Å². The summed E-state index contributed by atoms with van der Waals surface area (Å²) >= 11 is 0. The SMILES string of the molecule is N=C(N)NCCC[C@@H](NC(=O)[C@@H](CCCNC(=N)N)NC(=O)[C@@H](Cc1c[nH]c2ccccc12)NC(=O)[C@@H](Cc1c[nH]c2ccccc12)NC(=O)[C@@H](CCCCN)NC(=O)[C@@H](Cc1c[nH]c2ccccc12)NC(=O)[C@@H](Cc1c[nH]c2ccccc12)NC(=O)[C@@H](CCCNC(=N)N)NC(=O)[C@H](N)CCCCN)C(N)=O. The Kier molecular flexibility index (Phi) is 31.0. The molecule has 0 saturated heterocycles. The highest BCUT2D eigenvalue weighted by Gasteiger charge is 2.37. The number of carbonyl (C=O) groups is 9. The molecule has 0 radical (unpaired) electrons. The summed E-state index contributed by atoms with van der Waals surface area (Å²) in [5.41, 5.74) is 45.7. The lowest BCUT2D eigenvalue weighted by Crippen LogP contribution is -2.61. The molecule has 0 aliphatic heterocycles. The van der Waals surface area contributed by atoms with E-state index >= 15 is 24.0 Å². The number of aromatic amines is 4. The normalized spacial score (nSPS) is 13.8. The molecule has 8 rings (SSSR count). The number of fused-ring (bicyclic) bond motifs is 4. The van der Waals surface area contributed by atoms with Gasteiger partial charge in [0, 0.05) is 114 Å². The lowest BCUT2D eigenvalue weighted by molar-refractivity contribution is -0.136. The molecular weight excluding hydrogens is 1380 g/mol. The number of H-pyrrole nitrogens is 4. The monoisotopic (exact) mass is 1490 g/mol. The number of nitrogens with one attached hydrogen (secondary N) is 18. The van der Waals surface area contributed by atoms with E-state index < -0.39 is 108 Å². The van der Waals surface area contributed by atoms with Crippen LogP contribution in [0.25, 0.3) is 43.6 Å². The Morgan fingerprint density at radius 2 is 0.556 bits per heavy atom. The third-order valence-corrected chi connectivity index (χ3v) is 18.7. The summed E-state index contributed by atoms with van der Waals surface area (Å²) in [7, 11) is 0. The number of guanidine groups is 3. The molecule has 34 heteroatoms. The fourth-order valence-corrected chi connectivity index (χ4v) is 12.9. The zero-order chi connectivity index (χ0) is 77.7. The largest absolute Gasteiger partial charge is 0.370 e. The topological polar surface area (TPSA) is 603 Å². The van der Waals surface area contributed by atoms with E-state index in [9.17, 15) is 19.2 Å². The summed E-state index contributed by atoms with van der Waals surface area (Å²) in [5.74, 6) is -8.15. The van der Waals surface area contributed by atoms with Gasteiger partial charge in [-0.3, -0.25) is 59.4 Å². The quantitative estimate of drug-likeness (QED) is 0.0131. The van der Waals surface area contributed by atoms with Crippen LogP contribution >= 0.6 is 0 Å². The standard InChI is InChI=1S/C74H103N25O9/c75-29-11-9-20-50(77)64(101)93-57(27-14-32-86-73(81)82)67(104)97-62(37-45-41-91-54-24-8-4-19-49(45)54)71(108)98-59(34-42-38-88-51-21-5-1-16-46(42)51)68(105)94-56(25-10-12-30-76)66(103)96-61(36-44-40-90-53-23-7-3-18-48(44)53)70(107)99-60(35-43-39-89-52-22-6-2-17-47(43)52)69(106)95-58(28-15-33-87-74(83)84)65(102)92-55(63(78)100)26-13-31-85-72(79)80/h1-8,16-19,21-24,38-41,50,55-62,88-91H,9-15,20,25-37,75-77H2,(H2,78,100)(H,92,102)(H,93,101)(H,94,105)(H,95,106)(H,96,103)(H,97,104)(H,98,108)(H,99,107)(H4,79,80,85)(H4,81,82,86)(H4,83,84,87)/t50-,55-,56-,57-,58-,59-,60-,61-,62-/m1/s1. The second-order valence-corrected chi connectivity index (χ2v) is 26.8. The lowest BCUT2D eigenvalue weighted by atomic mass is 9.99. The minimum atomic E-state index is -1.50. The zero-order valence-corrected chi connectivity index (χ0v) is 60.3. The maximum Gasteiger partial charge on any atom is 0.243 e. The first kappa shape index (κ1) is 81.6. The molecule has 34 nitrogen and oxygen atoms in total. The molecule has 9 atom stereocenters. The number of benzene rings is 4. The fourth-order valence-electron chi connectivity index (χ4n) is 12.9. The van der Waals surface area contributed by atoms with Crippen molar-refractivity contribution in [1.29, 1.82) is 16.2 Å². The summed E-state index contributed by atoms with van der Waals surface area (Å²) in [6.07, 6.45) is 8.92. The molecule has 0 unspecified atom stereocenters. The van der Waals surface area contributed by atoms with Crippen LogP contribution in [0.1, 0.15) is 99.3 Å². The summed E-state index contributed by atoms with van der Waals surface area (Å²) in [6, 6.07) is 17.1. The number of amides is 9. The smallest absolute Gasteiger partial charge is 0.243 e. The van der Waals surface area contributed by atoms with Crippen LogP contribution in [0.4, 0.5) is 0 Å². The predicted molar refractivity (Wildman–Crippen MR) is 414 cm³/mol. The van der Waals surface area contributed by atoms with E-state index in [1.807, 2.05) is 84.9 Å². The number of unbranched alkanes of at least 4 members (excludes halogenated alkanes) is 2. The Balaban J connectivity index is 1.13. The molecule has 0 aliphatic rings. The third-order valence-electron chi connectivity index (χ3n) is 18.7. The first-order valence-corrected chi connectivity index (χ1v) is 36.3. The van der Waals surface area contributed by atoms with Gasteiger partial charge in [0.25, 0.3) is 0 Å².